The number of imidazole rings is 1. The third-order valence-corrected chi connectivity index (χ3v) is 5.04. The van der Waals surface area contributed by atoms with Gasteiger partial charge in [-0.15, -0.1) is 0 Å². The second-order valence-corrected chi connectivity index (χ2v) is 8.22. The zero-order valence-corrected chi connectivity index (χ0v) is 16.9. The summed E-state index contributed by atoms with van der Waals surface area (Å²) >= 11 is 0. The van der Waals surface area contributed by atoms with Crippen LogP contribution >= 0.6 is 0 Å². The molecule has 0 unspecified atom stereocenters. The normalized spacial score (nSPS) is 15.5. The van der Waals surface area contributed by atoms with Gasteiger partial charge in [-0.25, -0.2) is 29.3 Å². The van der Waals surface area contributed by atoms with E-state index in [-0.39, 0.29) is 11.2 Å². The van der Waals surface area contributed by atoms with E-state index >= 15 is 0 Å². The van der Waals surface area contributed by atoms with Gasteiger partial charge in [-0.1, -0.05) is 20.8 Å². The molecule has 8 nitrogen and oxygen atoms in total. The predicted octanol–water partition coefficient (Wildman–Crippen LogP) is 2.22. The molecule has 0 bridgehead atoms. The van der Waals surface area contributed by atoms with Gasteiger partial charge in [-0.2, -0.15) is 0 Å². The molecule has 0 radical (unpaired) electrons. The van der Waals surface area contributed by atoms with E-state index in [1.807, 2.05) is 37.3 Å². The Kier molecular flexibility index (Phi) is 4.40. The largest absolute Gasteiger partial charge is 0.351 e. The minimum absolute atomic E-state index is 0.235. The van der Waals surface area contributed by atoms with Crippen LogP contribution in [0.4, 0.5) is 16.0 Å². The quantitative estimate of drug-likeness (QED) is 0.670. The van der Waals surface area contributed by atoms with Crippen LogP contribution in [0.15, 0.2) is 12.7 Å². The summed E-state index contributed by atoms with van der Waals surface area (Å²) in [6.07, 6.45) is 3.28. The lowest BCUT2D eigenvalue weighted by Crippen LogP contribution is -2.47. The molecule has 0 atom stereocenters. The van der Waals surface area contributed by atoms with Crippen LogP contribution in [0.5, 0.6) is 0 Å². The summed E-state index contributed by atoms with van der Waals surface area (Å²) in [5.41, 5.74) is 1.75. The highest BCUT2D eigenvalue weighted by Crippen LogP contribution is 2.27. The van der Waals surface area contributed by atoms with Gasteiger partial charge in [0, 0.05) is 38.6 Å². The molecule has 0 saturated carbocycles. The standard InChI is InChI=1S/C19H25FN8/c1-12-13(20)16(25-18(24-12)19(2,3)4)27-6-8-28(9-7-27)17-14-15(21-10-22-17)23-11-26(14)5/h10-11H,6-9H2,1-5H3. The smallest absolute Gasteiger partial charge is 0.186 e. The van der Waals surface area contributed by atoms with Gasteiger partial charge >= 0.3 is 0 Å². The van der Waals surface area contributed by atoms with E-state index < -0.39 is 0 Å². The highest BCUT2D eigenvalue weighted by Gasteiger charge is 2.27. The Bertz CT molecular complexity index is 1010. The first-order chi connectivity index (χ1) is 13.3. The second kappa shape index (κ2) is 6.65. The highest BCUT2D eigenvalue weighted by molar-refractivity contribution is 5.83. The maximum absolute atomic E-state index is 14.8. The number of rotatable bonds is 2. The molecule has 3 aromatic heterocycles. The molecule has 1 saturated heterocycles. The van der Waals surface area contributed by atoms with Crippen LogP contribution in [0.3, 0.4) is 0 Å². The fraction of sp³-hybridized carbons (Fsp3) is 0.526. The minimum Gasteiger partial charge on any atom is -0.351 e. The molecule has 1 aliphatic heterocycles. The van der Waals surface area contributed by atoms with E-state index in [2.05, 4.69) is 29.8 Å². The lowest BCUT2D eigenvalue weighted by atomic mass is 9.95. The van der Waals surface area contributed by atoms with Crippen molar-refractivity contribution >= 4 is 22.8 Å². The third kappa shape index (κ3) is 3.14. The number of hydrogen-bond acceptors (Lipinski definition) is 7. The van der Waals surface area contributed by atoms with Crippen molar-refractivity contribution in [1.82, 2.24) is 29.5 Å². The molecule has 4 heterocycles. The fourth-order valence-electron chi connectivity index (χ4n) is 3.42. The number of piperazine rings is 1. The van der Waals surface area contributed by atoms with Crippen molar-refractivity contribution in [2.24, 2.45) is 7.05 Å². The Morgan fingerprint density at radius 2 is 1.57 bits per heavy atom. The number of hydrogen-bond donors (Lipinski definition) is 0. The van der Waals surface area contributed by atoms with Crippen molar-refractivity contribution in [3.05, 3.63) is 30.0 Å². The van der Waals surface area contributed by atoms with Crippen molar-refractivity contribution in [2.75, 3.05) is 36.0 Å². The van der Waals surface area contributed by atoms with Crippen LogP contribution in [0, 0.1) is 12.7 Å². The molecular weight excluding hydrogens is 359 g/mol. The molecule has 0 aromatic carbocycles. The van der Waals surface area contributed by atoms with E-state index in [0.29, 0.717) is 49.2 Å². The van der Waals surface area contributed by atoms with E-state index in [4.69, 9.17) is 0 Å². The second-order valence-electron chi connectivity index (χ2n) is 8.22. The monoisotopic (exact) mass is 384 g/mol. The molecule has 148 valence electrons. The molecule has 9 heteroatoms. The van der Waals surface area contributed by atoms with Gasteiger partial charge in [-0.3, -0.25) is 0 Å². The lowest BCUT2D eigenvalue weighted by Gasteiger charge is -2.36. The molecule has 3 aromatic rings. The first-order valence-corrected chi connectivity index (χ1v) is 9.42. The Morgan fingerprint density at radius 1 is 0.929 bits per heavy atom. The summed E-state index contributed by atoms with van der Waals surface area (Å²) in [5.74, 6) is 1.58. The summed E-state index contributed by atoms with van der Waals surface area (Å²) in [6.45, 7) is 10.5. The van der Waals surface area contributed by atoms with Crippen LogP contribution in [-0.4, -0.2) is 55.7 Å². The van der Waals surface area contributed by atoms with Gasteiger partial charge in [0.05, 0.1) is 12.0 Å². The topological polar surface area (TPSA) is 75.9 Å². The van der Waals surface area contributed by atoms with Crippen LogP contribution in [0.1, 0.15) is 32.3 Å². The van der Waals surface area contributed by atoms with Gasteiger partial charge in [0.15, 0.2) is 23.1 Å². The van der Waals surface area contributed by atoms with Crippen molar-refractivity contribution in [3.63, 3.8) is 0 Å². The number of nitrogens with zero attached hydrogens (tertiary/aromatic N) is 8. The molecule has 0 N–H and O–H groups in total. The molecule has 0 amide bonds. The SMILES string of the molecule is Cc1nc(C(C)(C)C)nc(N2CCN(c3ncnc4ncn(C)c34)CC2)c1F. The zero-order chi connectivity index (χ0) is 20.1. The summed E-state index contributed by atoms with van der Waals surface area (Å²) in [5, 5.41) is 0. The molecule has 1 aliphatic rings. The molecule has 4 rings (SSSR count). The fourth-order valence-corrected chi connectivity index (χ4v) is 3.42. The van der Waals surface area contributed by atoms with Crippen molar-refractivity contribution in [3.8, 4) is 0 Å². The average molecular weight is 384 g/mol. The summed E-state index contributed by atoms with van der Waals surface area (Å²) in [6, 6.07) is 0. The van der Waals surface area contributed by atoms with Gasteiger partial charge in [0.1, 0.15) is 17.7 Å². The van der Waals surface area contributed by atoms with Crippen LogP contribution in [0.2, 0.25) is 0 Å². The number of fused-ring (bicyclic) bond motifs is 1. The lowest BCUT2D eigenvalue weighted by molar-refractivity contribution is 0.516. The van der Waals surface area contributed by atoms with E-state index in [1.165, 1.54) is 0 Å². The third-order valence-electron chi connectivity index (χ3n) is 5.04. The number of anilines is 2. The Hall–Kier alpha value is -2.84. The van der Waals surface area contributed by atoms with Gasteiger partial charge in [0.2, 0.25) is 0 Å². The molecular formula is C19H25FN8. The average Bonchev–Trinajstić information content (AvgIpc) is 3.04. The Balaban J connectivity index is 1.59. The van der Waals surface area contributed by atoms with E-state index in [1.54, 1.807) is 19.6 Å². The van der Waals surface area contributed by atoms with Crippen molar-refractivity contribution < 1.29 is 4.39 Å². The minimum atomic E-state index is -0.336. The molecule has 0 spiro atoms. The first kappa shape index (κ1) is 18.5. The number of halogens is 1. The molecule has 1 fully saturated rings. The maximum atomic E-state index is 14.8. The van der Waals surface area contributed by atoms with Crippen LogP contribution < -0.4 is 9.80 Å². The van der Waals surface area contributed by atoms with E-state index in [0.717, 1.165) is 11.3 Å². The van der Waals surface area contributed by atoms with Crippen LogP contribution in [0.25, 0.3) is 11.2 Å². The van der Waals surface area contributed by atoms with Gasteiger partial charge in [0.25, 0.3) is 0 Å². The van der Waals surface area contributed by atoms with E-state index in [9.17, 15) is 4.39 Å². The summed E-state index contributed by atoms with van der Waals surface area (Å²) in [4.78, 5) is 26.1. The molecule has 0 aliphatic carbocycles. The summed E-state index contributed by atoms with van der Waals surface area (Å²) < 4.78 is 16.7. The Labute approximate surface area is 163 Å². The zero-order valence-electron chi connectivity index (χ0n) is 16.9. The summed E-state index contributed by atoms with van der Waals surface area (Å²) in [7, 11) is 1.94. The highest BCUT2D eigenvalue weighted by atomic mass is 19.1. The van der Waals surface area contributed by atoms with Crippen molar-refractivity contribution in [2.45, 2.75) is 33.1 Å². The maximum Gasteiger partial charge on any atom is 0.186 e. The first-order valence-electron chi connectivity index (χ1n) is 9.42. The number of aromatic nitrogens is 6. The van der Waals surface area contributed by atoms with Crippen LogP contribution in [-0.2, 0) is 12.5 Å². The Morgan fingerprint density at radius 3 is 2.21 bits per heavy atom. The predicted molar refractivity (Wildman–Crippen MR) is 106 cm³/mol. The van der Waals surface area contributed by atoms with Gasteiger partial charge in [-0.05, 0) is 6.92 Å². The molecule has 28 heavy (non-hydrogen) atoms. The van der Waals surface area contributed by atoms with Gasteiger partial charge < -0.3 is 14.4 Å². The number of aryl methyl sites for hydroxylation is 2. The van der Waals surface area contributed by atoms with Crippen molar-refractivity contribution in [1.29, 1.82) is 0 Å².